The Morgan fingerprint density at radius 1 is 1.29 bits per heavy atom. The lowest BCUT2D eigenvalue weighted by molar-refractivity contribution is 0.0949. The highest BCUT2D eigenvalue weighted by Crippen LogP contribution is 2.15. The molecule has 0 saturated heterocycles. The second kappa shape index (κ2) is 6.31. The van der Waals surface area contributed by atoms with Crippen LogP contribution in [0.2, 0.25) is 0 Å². The van der Waals surface area contributed by atoms with E-state index in [1.165, 1.54) is 6.20 Å². The van der Waals surface area contributed by atoms with E-state index >= 15 is 0 Å². The largest absolute Gasteiger partial charge is 0.350 e. The van der Waals surface area contributed by atoms with E-state index in [1.54, 1.807) is 18.2 Å². The fourth-order valence-corrected chi connectivity index (χ4v) is 2.91. The van der Waals surface area contributed by atoms with Crippen molar-refractivity contribution in [3.63, 3.8) is 0 Å². The molecular weight excluding hydrogens is 304 g/mol. The number of benzene rings is 1. The maximum atomic E-state index is 12.5. The first-order valence-electron chi connectivity index (χ1n) is 7.88. The average molecular weight is 324 g/mol. The Hall–Kier alpha value is -2.89. The summed E-state index contributed by atoms with van der Waals surface area (Å²) in [5.41, 5.74) is 2.28. The summed E-state index contributed by atoms with van der Waals surface area (Å²) in [6.07, 6.45) is 1.47. The second-order valence-electron chi connectivity index (χ2n) is 6.01. The Labute approximate surface area is 139 Å². The lowest BCUT2D eigenvalue weighted by Gasteiger charge is -2.15. The number of nitrogens with zero attached hydrogens (tertiary/aromatic N) is 2. The van der Waals surface area contributed by atoms with Crippen molar-refractivity contribution in [3.8, 4) is 0 Å². The van der Waals surface area contributed by atoms with E-state index < -0.39 is 0 Å². The smallest absolute Gasteiger partial charge is 0.255 e. The quantitative estimate of drug-likeness (QED) is 0.773. The van der Waals surface area contributed by atoms with Gasteiger partial charge in [-0.3, -0.25) is 14.3 Å². The molecule has 0 fully saturated rings. The zero-order valence-corrected chi connectivity index (χ0v) is 14.0. The molecule has 124 valence electrons. The maximum absolute atomic E-state index is 12.5. The van der Waals surface area contributed by atoms with Crippen LogP contribution in [0.3, 0.4) is 0 Å². The molecule has 1 amide bonds. The number of amides is 1. The number of carbonyl (C=O) groups excluding carboxylic acids is 1. The zero-order chi connectivity index (χ0) is 17.3. The summed E-state index contributed by atoms with van der Waals surface area (Å²) in [5, 5.41) is 8.53. The highest BCUT2D eigenvalue weighted by atomic mass is 16.1. The van der Waals surface area contributed by atoms with Gasteiger partial charge in [0.25, 0.3) is 11.5 Å². The molecule has 3 rings (SSSR count). The average Bonchev–Trinajstić information content (AvgIpc) is 2.91. The van der Waals surface area contributed by atoms with Crippen molar-refractivity contribution < 1.29 is 4.79 Å². The van der Waals surface area contributed by atoms with Crippen LogP contribution >= 0.6 is 0 Å². The summed E-state index contributed by atoms with van der Waals surface area (Å²) >= 11 is 0. The van der Waals surface area contributed by atoms with Crippen LogP contribution in [0.25, 0.3) is 10.8 Å². The number of aryl methyl sites for hydroxylation is 2. The summed E-state index contributed by atoms with van der Waals surface area (Å²) in [6, 6.07) is 9.14. The molecule has 0 aliphatic heterocycles. The van der Waals surface area contributed by atoms with Gasteiger partial charge in [-0.25, -0.2) is 0 Å². The van der Waals surface area contributed by atoms with Gasteiger partial charge in [-0.1, -0.05) is 18.2 Å². The Kier molecular flexibility index (Phi) is 4.20. The van der Waals surface area contributed by atoms with Crippen LogP contribution in [0, 0.1) is 13.8 Å². The van der Waals surface area contributed by atoms with Crippen molar-refractivity contribution in [3.05, 3.63) is 63.8 Å². The molecular formula is C18H20N4O2. The summed E-state index contributed by atoms with van der Waals surface area (Å²) in [6.45, 7) is 6.40. The monoisotopic (exact) mass is 324 g/mol. The lowest BCUT2D eigenvalue weighted by atomic mass is 10.1. The maximum Gasteiger partial charge on any atom is 0.255 e. The Morgan fingerprint density at radius 3 is 2.67 bits per heavy atom. The number of H-pyrrole nitrogens is 1. The van der Waals surface area contributed by atoms with Crippen molar-refractivity contribution in [1.82, 2.24) is 20.1 Å². The van der Waals surface area contributed by atoms with Crippen molar-refractivity contribution >= 4 is 16.7 Å². The molecule has 0 unspecified atom stereocenters. The van der Waals surface area contributed by atoms with Crippen LogP contribution in [0.1, 0.15) is 34.7 Å². The van der Waals surface area contributed by atoms with Gasteiger partial charge < -0.3 is 10.3 Å². The van der Waals surface area contributed by atoms with Crippen molar-refractivity contribution in [1.29, 1.82) is 0 Å². The minimum atomic E-state index is -0.212. The van der Waals surface area contributed by atoms with E-state index in [-0.39, 0.29) is 17.5 Å². The predicted molar refractivity (Wildman–Crippen MR) is 93.3 cm³/mol. The van der Waals surface area contributed by atoms with E-state index in [0.717, 1.165) is 11.4 Å². The summed E-state index contributed by atoms with van der Waals surface area (Å²) < 4.78 is 1.90. The van der Waals surface area contributed by atoms with Gasteiger partial charge in [0, 0.05) is 29.2 Å². The molecule has 0 saturated carbocycles. The third-order valence-corrected chi connectivity index (χ3v) is 4.07. The number of hydrogen-bond acceptors (Lipinski definition) is 3. The topological polar surface area (TPSA) is 79.8 Å². The molecule has 3 aromatic rings. The lowest BCUT2D eigenvalue weighted by Crippen LogP contribution is -2.31. The van der Waals surface area contributed by atoms with Gasteiger partial charge in [0.2, 0.25) is 0 Å². The Morgan fingerprint density at radius 2 is 2.00 bits per heavy atom. The first-order chi connectivity index (χ1) is 11.5. The van der Waals surface area contributed by atoms with Crippen molar-refractivity contribution in [2.45, 2.75) is 26.8 Å². The van der Waals surface area contributed by atoms with Crippen LogP contribution in [-0.4, -0.2) is 27.2 Å². The molecule has 2 N–H and O–H groups in total. The normalized spacial score (nSPS) is 12.3. The Balaban J connectivity index is 1.80. The van der Waals surface area contributed by atoms with E-state index in [2.05, 4.69) is 15.4 Å². The van der Waals surface area contributed by atoms with Crippen LogP contribution < -0.4 is 10.9 Å². The number of nitrogens with one attached hydrogen (secondary N) is 2. The molecule has 0 aliphatic carbocycles. The number of pyridine rings is 1. The van der Waals surface area contributed by atoms with E-state index in [4.69, 9.17) is 0 Å². The molecule has 2 heterocycles. The fourth-order valence-electron chi connectivity index (χ4n) is 2.91. The van der Waals surface area contributed by atoms with E-state index in [1.807, 2.05) is 37.6 Å². The van der Waals surface area contributed by atoms with Gasteiger partial charge in [-0.15, -0.1) is 0 Å². The third kappa shape index (κ3) is 2.95. The second-order valence-corrected chi connectivity index (χ2v) is 6.01. The number of hydrogen-bond donors (Lipinski definition) is 2. The zero-order valence-electron chi connectivity index (χ0n) is 14.0. The molecule has 1 aromatic carbocycles. The summed E-state index contributed by atoms with van der Waals surface area (Å²) in [5.74, 6) is -0.212. The molecule has 0 radical (unpaired) electrons. The number of aromatic nitrogens is 3. The van der Waals surface area contributed by atoms with Crippen LogP contribution in [0.15, 0.2) is 41.3 Å². The molecule has 2 aromatic heterocycles. The van der Waals surface area contributed by atoms with Crippen LogP contribution in [0.5, 0.6) is 0 Å². The molecule has 24 heavy (non-hydrogen) atoms. The predicted octanol–water partition coefficient (Wildman–Crippen LogP) is 2.33. The first kappa shape index (κ1) is 16.0. The van der Waals surface area contributed by atoms with Gasteiger partial charge in [-0.2, -0.15) is 5.10 Å². The third-order valence-electron chi connectivity index (χ3n) is 4.07. The molecule has 0 spiro atoms. The summed E-state index contributed by atoms with van der Waals surface area (Å²) in [7, 11) is 0. The number of carbonyl (C=O) groups is 1. The minimum absolute atomic E-state index is 0.0386. The number of aromatic amines is 1. The van der Waals surface area contributed by atoms with E-state index in [9.17, 15) is 9.59 Å². The van der Waals surface area contributed by atoms with Crippen LogP contribution in [0.4, 0.5) is 0 Å². The molecule has 6 nitrogen and oxygen atoms in total. The number of rotatable bonds is 4. The fraction of sp³-hybridized carbons (Fsp3) is 0.278. The number of fused-ring (bicyclic) bond motifs is 1. The molecule has 0 bridgehead atoms. The summed E-state index contributed by atoms with van der Waals surface area (Å²) in [4.78, 5) is 27.0. The van der Waals surface area contributed by atoms with Gasteiger partial charge in [-0.05, 0) is 32.9 Å². The highest BCUT2D eigenvalue weighted by Gasteiger charge is 2.14. The van der Waals surface area contributed by atoms with Crippen LogP contribution in [-0.2, 0) is 0 Å². The van der Waals surface area contributed by atoms with Gasteiger partial charge >= 0.3 is 0 Å². The SMILES string of the molecule is Cc1cc(C)n([C@H](C)CNC(=O)c2c[nH]c(=O)c3ccccc23)n1. The minimum Gasteiger partial charge on any atom is -0.350 e. The van der Waals surface area contributed by atoms with Gasteiger partial charge in [0.15, 0.2) is 0 Å². The molecule has 6 heteroatoms. The van der Waals surface area contributed by atoms with Crippen molar-refractivity contribution in [2.24, 2.45) is 0 Å². The first-order valence-corrected chi connectivity index (χ1v) is 7.88. The van der Waals surface area contributed by atoms with Gasteiger partial charge in [0.1, 0.15) is 0 Å². The van der Waals surface area contributed by atoms with Gasteiger partial charge in [0.05, 0.1) is 17.3 Å². The molecule has 0 aliphatic rings. The van der Waals surface area contributed by atoms with E-state index in [0.29, 0.717) is 22.9 Å². The van der Waals surface area contributed by atoms with Crippen molar-refractivity contribution in [2.75, 3.05) is 6.54 Å². The molecule has 1 atom stereocenters. The highest BCUT2D eigenvalue weighted by molar-refractivity contribution is 6.06. The standard InChI is InChI=1S/C18H20N4O2/c1-11-8-12(2)22(21-11)13(3)9-19-18(24)16-10-20-17(23)15-7-5-4-6-14(15)16/h4-8,10,13H,9H2,1-3H3,(H,19,24)(H,20,23)/t13-/m1/s1. The Bertz CT molecular complexity index is 955.